The Balaban J connectivity index is 1.82. The molecule has 2 fully saturated rings. The lowest BCUT2D eigenvalue weighted by Gasteiger charge is -2.43. The molecule has 0 amide bonds. The van der Waals surface area contributed by atoms with Gasteiger partial charge >= 0.3 is 6.36 Å². The van der Waals surface area contributed by atoms with E-state index in [1.807, 2.05) is 0 Å². The van der Waals surface area contributed by atoms with E-state index in [0.717, 1.165) is 37.1 Å². The fraction of sp³-hybridized carbons (Fsp3) is 0.619. The Kier molecular flexibility index (Phi) is 6.25. The summed E-state index contributed by atoms with van der Waals surface area (Å²) in [6.45, 7) is 8.29. The Morgan fingerprint density at radius 2 is 1.89 bits per heavy atom. The fourth-order valence-corrected chi connectivity index (χ4v) is 4.56. The standard InChI is InChI=1S/C21H29F3N2O2/c1-15-12-26(13-16(2)25-15)14-19(20(27)10-4-3-5-11-20)17-6-8-18(9-7-17)28-21(22,23)24/h6-9,16,19,25,27H,1,3-5,10-14H2,2H3/t16-,19?/m1/s1. The van der Waals surface area contributed by atoms with Gasteiger partial charge in [0.25, 0.3) is 0 Å². The predicted octanol–water partition coefficient (Wildman–Crippen LogP) is 4.17. The molecule has 1 heterocycles. The number of benzene rings is 1. The van der Waals surface area contributed by atoms with Crippen LogP contribution in [0.3, 0.4) is 0 Å². The Bertz CT molecular complexity index is 669. The molecule has 1 saturated carbocycles. The molecule has 0 aromatic heterocycles. The van der Waals surface area contributed by atoms with E-state index in [2.05, 4.69) is 28.5 Å². The van der Waals surface area contributed by atoms with E-state index in [1.54, 1.807) is 12.1 Å². The van der Waals surface area contributed by atoms with Crippen LogP contribution in [0.5, 0.6) is 5.75 Å². The number of rotatable bonds is 5. The molecule has 0 bridgehead atoms. The molecule has 1 aromatic rings. The van der Waals surface area contributed by atoms with E-state index >= 15 is 0 Å². The first-order valence-electron chi connectivity index (χ1n) is 9.89. The highest BCUT2D eigenvalue weighted by Gasteiger charge is 2.40. The van der Waals surface area contributed by atoms with Crippen LogP contribution in [-0.4, -0.2) is 47.6 Å². The van der Waals surface area contributed by atoms with Gasteiger partial charge < -0.3 is 15.2 Å². The molecule has 28 heavy (non-hydrogen) atoms. The normalized spacial score (nSPS) is 24.5. The van der Waals surface area contributed by atoms with Crippen molar-refractivity contribution in [1.82, 2.24) is 10.2 Å². The summed E-state index contributed by atoms with van der Waals surface area (Å²) < 4.78 is 41.3. The van der Waals surface area contributed by atoms with Gasteiger partial charge in [0.15, 0.2) is 0 Å². The molecule has 1 aromatic carbocycles. The number of nitrogens with one attached hydrogen (secondary N) is 1. The zero-order valence-electron chi connectivity index (χ0n) is 16.3. The second kappa shape index (κ2) is 8.33. The van der Waals surface area contributed by atoms with Gasteiger partial charge in [-0.05, 0) is 37.5 Å². The third-order valence-corrected chi connectivity index (χ3v) is 5.72. The van der Waals surface area contributed by atoms with Crippen LogP contribution in [0.2, 0.25) is 0 Å². The number of ether oxygens (including phenoxy) is 1. The Morgan fingerprint density at radius 3 is 2.46 bits per heavy atom. The van der Waals surface area contributed by atoms with Crippen LogP contribution in [-0.2, 0) is 0 Å². The molecule has 3 rings (SSSR count). The SMILES string of the molecule is C=C1CN(CC(c2ccc(OC(F)(F)F)cc2)C2(O)CCCCC2)C[C@@H](C)N1. The van der Waals surface area contributed by atoms with E-state index in [0.29, 0.717) is 25.9 Å². The fourth-order valence-electron chi connectivity index (χ4n) is 4.56. The second-order valence-electron chi connectivity index (χ2n) is 8.18. The molecular weight excluding hydrogens is 369 g/mol. The van der Waals surface area contributed by atoms with Gasteiger partial charge in [-0.1, -0.05) is 38.0 Å². The van der Waals surface area contributed by atoms with Gasteiger partial charge in [-0.2, -0.15) is 0 Å². The lowest BCUT2D eigenvalue weighted by molar-refractivity contribution is -0.274. The third kappa shape index (κ3) is 5.41. The molecule has 156 valence electrons. The molecule has 2 N–H and O–H groups in total. The van der Waals surface area contributed by atoms with Crippen molar-refractivity contribution in [3.63, 3.8) is 0 Å². The van der Waals surface area contributed by atoms with Crippen LogP contribution in [0.25, 0.3) is 0 Å². The van der Waals surface area contributed by atoms with Crippen molar-refractivity contribution in [1.29, 1.82) is 0 Å². The molecule has 1 aliphatic heterocycles. The quantitative estimate of drug-likeness (QED) is 0.781. The number of nitrogens with zero attached hydrogens (tertiary/aromatic N) is 1. The monoisotopic (exact) mass is 398 g/mol. The minimum atomic E-state index is -4.71. The maximum atomic E-state index is 12.5. The van der Waals surface area contributed by atoms with Gasteiger partial charge in [0.2, 0.25) is 0 Å². The smallest absolute Gasteiger partial charge is 0.406 e. The first-order chi connectivity index (χ1) is 13.1. The summed E-state index contributed by atoms with van der Waals surface area (Å²) in [6.07, 6.45) is -0.253. The minimum absolute atomic E-state index is 0.175. The summed E-state index contributed by atoms with van der Waals surface area (Å²) in [5.41, 5.74) is 0.942. The van der Waals surface area contributed by atoms with Crippen LogP contribution in [0.15, 0.2) is 36.5 Å². The van der Waals surface area contributed by atoms with Gasteiger partial charge in [-0.3, -0.25) is 4.90 Å². The van der Waals surface area contributed by atoms with Crippen LogP contribution < -0.4 is 10.1 Å². The third-order valence-electron chi connectivity index (χ3n) is 5.72. The van der Waals surface area contributed by atoms with Crippen molar-refractivity contribution in [3.8, 4) is 5.75 Å². The minimum Gasteiger partial charge on any atom is -0.406 e. The largest absolute Gasteiger partial charge is 0.573 e. The summed E-state index contributed by atoms with van der Waals surface area (Å²) in [6, 6.07) is 6.24. The molecule has 2 atom stereocenters. The highest BCUT2D eigenvalue weighted by molar-refractivity contribution is 5.32. The first-order valence-corrected chi connectivity index (χ1v) is 9.89. The van der Waals surface area contributed by atoms with Gasteiger partial charge in [-0.15, -0.1) is 13.2 Å². The van der Waals surface area contributed by atoms with E-state index in [9.17, 15) is 18.3 Å². The summed E-state index contributed by atoms with van der Waals surface area (Å²) >= 11 is 0. The van der Waals surface area contributed by atoms with Crippen molar-refractivity contribution >= 4 is 0 Å². The molecule has 0 radical (unpaired) electrons. The van der Waals surface area contributed by atoms with Crippen molar-refractivity contribution in [2.75, 3.05) is 19.6 Å². The topological polar surface area (TPSA) is 44.7 Å². The average Bonchev–Trinajstić information content (AvgIpc) is 2.59. The summed E-state index contributed by atoms with van der Waals surface area (Å²) in [4.78, 5) is 2.26. The van der Waals surface area contributed by atoms with Crippen LogP contribution in [0.4, 0.5) is 13.2 Å². The van der Waals surface area contributed by atoms with Crippen LogP contribution in [0, 0.1) is 0 Å². The van der Waals surface area contributed by atoms with Crippen molar-refractivity contribution in [2.24, 2.45) is 0 Å². The van der Waals surface area contributed by atoms with E-state index in [4.69, 9.17) is 0 Å². The van der Waals surface area contributed by atoms with Crippen molar-refractivity contribution < 1.29 is 23.0 Å². The van der Waals surface area contributed by atoms with E-state index in [1.165, 1.54) is 12.1 Å². The van der Waals surface area contributed by atoms with E-state index < -0.39 is 12.0 Å². The molecule has 0 spiro atoms. The summed E-state index contributed by atoms with van der Waals surface area (Å²) in [7, 11) is 0. The Morgan fingerprint density at radius 1 is 1.25 bits per heavy atom. The number of piperazine rings is 1. The Labute approximate surface area is 164 Å². The molecule has 1 aliphatic carbocycles. The highest BCUT2D eigenvalue weighted by Crippen LogP contribution is 2.41. The van der Waals surface area contributed by atoms with Crippen LogP contribution in [0.1, 0.15) is 50.5 Å². The zero-order chi connectivity index (χ0) is 20.4. The molecule has 1 saturated heterocycles. The van der Waals surface area contributed by atoms with Crippen molar-refractivity contribution in [2.45, 2.75) is 63.0 Å². The van der Waals surface area contributed by atoms with Crippen LogP contribution >= 0.6 is 0 Å². The second-order valence-corrected chi connectivity index (χ2v) is 8.18. The molecule has 1 unspecified atom stereocenters. The average molecular weight is 398 g/mol. The van der Waals surface area contributed by atoms with Gasteiger partial charge in [-0.25, -0.2) is 0 Å². The predicted molar refractivity (Wildman–Crippen MR) is 102 cm³/mol. The molecule has 4 nitrogen and oxygen atoms in total. The number of hydrogen-bond donors (Lipinski definition) is 2. The van der Waals surface area contributed by atoms with Gasteiger partial charge in [0, 0.05) is 37.3 Å². The zero-order valence-corrected chi connectivity index (χ0v) is 16.3. The number of aliphatic hydroxyl groups is 1. The Hall–Kier alpha value is -1.73. The number of halogens is 3. The summed E-state index contributed by atoms with van der Waals surface area (Å²) in [5, 5.41) is 14.7. The lowest BCUT2D eigenvalue weighted by atomic mass is 9.72. The lowest BCUT2D eigenvalue weighted by Crippen LogP contribution is -2.51. The molecule has 2 aliphatic rings. The maximum Gasteiger partial charge on any atom is 0.573 e. The molecule has 7 heteroatoms. The van der Waals surface area contributed by atoms with Crippen molar-refractivity contribution in [3.05, 3.63) is 42.1 Å². The maximum absolute atomic E-state index is 12.5. The summed E-state index contributed by atoms with van der Waals surface area (Å²) in [5.74, 6) is -0.416. The highest BCUT2D eigenvalue weighted by atomic mass is 19.4. The van der Waals surface area contributed by atoms with Gasteiger partial charge in [0.1, 0.15) is 5.75 Å². The first kappa shape index (κ1) is 21.0. The van der Waals surface area contributed by atoms with E-state index in [-0.39, 0.29) is 17.7 Å². The molecular formula is C21H29F3N2O2. The number of alkyl halides is 3. The number of hydrogen-bond acceptors (Lipinski definition) is 4. The van der Waals surface area contributed by atoms with Gasteiger partial charge in [0.05, 0.1) is 5.60 Å².